The molecule has 0 unspecified atom stereocenters. The summed E-state index contributed by atoms with van der Waals surface area (Å²) in [4.78, 5) is 20.5. The van der Waals surface area contributed by atoms with Crippen molar-refractivity contribution in [3.63, 3.8) is 0 Å². The quantitative estimate of drug-likeness (QED) is 0.649. The van der Waals surface area contributed by atoms with Crippen molar-refractivity contribution in [3.05, 3.63) is 77.1 Å². The van der Waals surface area contributed by atoms with Gasteiger partial charge in [-0.3, -0.25) is 4.79 Å². The lowest BCUT2D eigenvalue weighted by Crippen LogP contribution is -2.16. The van der Waals surface area contributed by atoms with E-state index < -0.39 is 10.0 Å². The van der Waals surface area contributed by atoms with Crippen molar-refractivity contribution in [1.29, 1.82) is 0 Å². The van der Waals surface area contributed by atoms with Gasteiger partial charge in [0, 0.05) is 17.1 Å². The smallest absolute Gasteiger partial charge is 0.264 e. The Morgan fingerprint density at radius 1 is 0.931 bits per heavy atom. The Hall–Kier alpha value is -3.26. The van der Waals surface area contributed by atoms with Crippen LogP contribution >= 0.6 is 0 Å². The highest BCUT2D eigenvalue weighted by Gasteiger charge is 2.16. The monoisotopic (exact) mass is 410 g/mol. The predicted octanol–water partition coefficient (Wildman–Crippen LogP) is 3.38. The number of hydrogen-bond donors (Lipinski definition) is 2. The Bertz CT molecular complexity index is 1120. The number of nitrogens with one attached hydrogen (secondary N) is 2. The normalized spacial score (nSPS) is 11.1. The molecule has 3 aromatic rings. The second-order valence-corrected chi connectivity index (χ2v) is 8.50. The number of nitrogens with zero attached hydrogens (tertiary/aromatic N) is 2. The molecule has 0 bridgehead atoms. The lowest BCUT2D eigenvalue weighted by molar-refractivity contribution is -0.115. The van der Waals surface area contributed by atoms with Crippen LogP contribution in [0.1, 0.15) is 22.5 Å². The third kappa shape index (κ3) is 5.61. The van der Waals surface area contributed by atoms with Crippen LogP contribution in [0.5, 0.6) is 0 Å². The van der Waals surface area contributed by atoms with E-state index in [4.69, 9.17) is 0 Å². The molecule has 150 valence electrons. The van der Waals surface area contributed by atoms with E-state index >= 15 is 0 Å². The van der Waals surface area contributed by atoms with Gasteiger partial charge in [0.2, 0.25) is 11.9 Å². The van der Waals surface area contributed by atoms with Crippen LogP contribution < -0.4 is 10.0 Å². The number of benzene rings is 2. The fraction of sp³-hybridized carbons (Fsp3) is 0.190. The molecule has 2 N–H and O–H groups in total. The topological polar surface area (TPSA) is 101 Å². The Kier molecular flexibility index (Phi) is 5.93. The first-order valence-electron chi connectivity index (χ1n) is 9.02. The molecule has 0 aliphatic rings. The Morgan fingerprint density at radius 3 is 2.21 bits per heavy atom. The van der Waals surface area contributed by atoms with Crippen molar-refractivity contribution < 1.29 is 13.2 Å². The molecule has 0 aliphatic heterocycles. The minimum atomic E-state index is -3.83. The van der Waals surface area contributed by atoms with Gasteiger partial charge in [-0.25, -0.2) is 23.1 Å². The summed E-state index contributed by atoms with van der Waals surface area (Å²) in [7, 11) is -3.83. The van der Waals surface area contributed by atoms with E-state index in [1.165, 1.54) is 12.1 Å². The molecule has 0 fully saturated rings. The zero-order chi connectivity index (χ0) is 21.0. The van der Waals surface area contributed by atoms with Gasteiger partial charge in [0.25, 0.3) is 10.0 Å². The van der Waals surface area contributed by atoms with Crippen LogP contribution in [0.25, 0.3) is 0 Å². The number of hydrogen-bond acceptors (Lipinski definition) is 5. The van der Waals surface area contributed by atoms with Gasteiger partial charge in [-0.05, 0) is 56.7 Å². The number of aryl methyl sites for hydroxylation is 3. The van der Waals surface area contributed by atoms with Crippen LogP contribution in [0.15, 0.2) is 59.5 Å². The molecule has 1 heterocycles. The van der Waals surface area contributed by atoms with Crippen molar-refractivity contribution >= 4 is 27.6 Å². The van der Waals surface area contributed by atoms with Gasteiger partial charge in [-0.2, -0.15) is 0 Å². The highest BCUT2D eigenvalue weighted by atomic mass is 32.2. The third-order valence-corrected chi connectivity index (χ3v) is 5.45. The zero-order valence-corrected chi connectivity index (χ0v) is 17.2. The number of sulfonamides is 1. The molecule has 29 heavy (non-hydrogen) atoms. The molecule has 2 aromatic carbocycles. The second kappa shape index (κ2) is 8.40. The summed E-state index contributed by atoms with van der Waals surface area (Å²) >= 11 is 0. The first kappa shape index (κ1) is 20.5. The van der Waals surface area contributed by atoms with E-state index in [1.54, 1.807) is 32.0 Å². The SMILES string of the molecule is Cc1cccc(CC(=O)Nc2ccc(S(=O)(=O)Nc3nc(C)cc(C)n3)cc2)c1. The molecule has 3 rings (SSSR count). The van der Waals surface area contributed by atoms with Gasteiger partial charge < -0.3 is 5.32 Å². The maximum Gasteiger partial charge on any atom is 0.264 e. The number of anilines is 2. The minimum Gasteiger partial charge on any atom is -0.326 e. The number of amides is 1. The standard InChI is InChI=1S/C21H22N4O3S/c1-14-5-4-6-17(11-14)13-20(26)24-18-7-9-19(10-8-18)29(27,28)25-21-22-15(2)12-16(3)23-21/h4-12H,13H2,1-3H3,(H,24,26)(H,22,23,25). The maximum atomic E-state index is 12.6. The van der Waals surface area contributed by atoms with Crippen molar-refractivity contribution in [2.24, 2.45) is 0 Å². The fourth-order valence-corrected chi connectivity index (χ4v) is 3.82. The highest BCUT2D eigenvalue weighted by Crippen LogP contribution is 2.17. The minimum absolute atomic E-state index is 0.0260. The molecular formula is C21H22N4O3S. The predicted molar refractivity (Wildman–Crippen MR) is 112 cm³/mol. The van der Waals surface area contributed by atoms with Crippen LogP contribution in [-0.2, 0) is 21.2 Å². The molecule has 0 aliphatic carbocycles. The van der Waals surface area contributed by atoms with E-state index in [1.807, 2.05) is 31.2 Å². The maximum absolute atomic E-state index is 12.6. The largest absolute Gasteiger partial charge is 0.326 e. The molecule has 7 nitrogen and oxygen atoms in total. The zero-order valence-electron chi connectivity index (χ0n) is 16.4. The lowest BCUT2D eigenvalue weighted by atomic mass is 10.1. The molecule has 0 spiro atoms. The molecule has 1 aromatic heterocycles. The molecule has 8 heteroatoms. The van der Waals surface area contributed by atoms with Gasteiger partial charge in [0.15, 0.2) is 0 Å². The summed E-state index contributed by atoms with van der Waals surface area (Å²) in [5.74, 6) is -0.147. The van der Waals surface area contributed by atoms with Gasteiger partial charge in [-0.1, -0.05) is 29.8 Å². The van der Waals surface area contributed by atoms with Crippen molar-refractivity contribution in [2.45, 2.75) is 32.1 Å². The summed E-state index contributed by atoms with van der Waals surface area (Å²) < 4.78 is 27.5. The summed E-state index contributed by atoms with van der Waals surface area (Å²) in [6.45, 7) is 5.50. The number of carbonyl (C=O) groups excluding carboxylic acids is 1. The average molecular weight is 410 g/mol. The van der Waals surface area contributed by atoms with Crippen LogP contribution in [0.4, 0.5) is 11.6 Å². The first-order valence-corrected chi connectivity index (χ1v) is 10.5. The van der Waals surface area contributed by atoms with E-state index in [0.29, 0.717) is 17.1 Å². The summed E-state index contributed by atoms with van der Waals surface area (Å²) in [5, 5.41) is 2.77. The van der Waals surface area contributed by atoms with Gasteiger partial charge in [0.1, 0.15) is 0 Å². The van der Waals surface area contributed by atoms with E-state index in [2.05, 4.69) is 20.0 Å². The Labute approximate surface area is 170 Å². The summed E-state index contributed by atoms with van der Waals surface area (Å²) in [6.07, 6.45) is 0.243. The Morgan fingerprint density at radius 2 is 1.59 bits per heavy atom. The van der Waals surface area contributed by atoms with Crippen molar-refractivity contribution in [3.8, 4) is 0 Å². The second-order valence-electron chi connectivity index (χ2n) is 6.82. The molecule has 0 saturated heterocycles. The third-order valence-electron chi connectivity index (χ3n) is 4.10. The van der Waals surface area contributed by atoms with E-state index in [0.717, 1.165) is 11.1 Å². The van der Waals surface area contributed by atoms with Gasteiger partial charge in [0.05, 0.1) is 11.3 Å². The first-order chi connectivity index (χ1) is 13.7. The number of aromatic nitrogens is 2. The van der Waals surface area contributed by atoms with Crippen LogP contribution in [0.3, 0.4) is 0 Å². The van der Waals surface area contributed by atoms with Crippen LogP contribution in [0, 0.1) is 20.8 Å². The molecule has 1 amide bonds. The molecular weight excluding hydrogens is 388 g/mol. The van der Waals surface area contributed by atoms with Gasteiger partial charge >= 0.3 is 0 Å². The lowest BCUT2D eigenvalue weighted by Gasteiger charge is -2.09. The van der Waals surface area contributed by atoms with Crippen molar-refractivity contribution in [2.75, 3.05) is 10.0 Å². The average Bonchev–Trinajstić information content (AvgIpc) is 2.60. The number of carbonyl (C=O) groups is 1. The Balaban J connectivity index is 1.67. The van der Waals surface area contributed by atoms with Crippen molar-refractivity contribution in [1.82, 2.24) is 9.97 Å². The molecule has 0 atom stereocenters. The highest BCUT2D eigenvalue weighted by molar-refractivity contribution is 7.92. The molecule has 0 saturated carbocycles. The van der Waals surface area contributed by atoms with Crippen LogP contribution in [-0.4, -0.2) is 24.3 Å². The number of rotatable bonds is 6. The van der Waals surface area contributed by atoms with Gasteiger partial charge in [-0.15, -0.1) is 0 Å². The van der Waals surface area contributed by atoms with Crippen LogP contribution in [0.2, 0.25) is 0 Å². The summed E-state index contributed by atoms with van der Waals surface area (Å²) in [6, 6.07) is 15.4. The molecule has 0 radical (unpaired) electrons. The van der Waals surface area contributed by atoms with E-state index in [-0.39, 0.29) is 23.2 Å². The summed E-state index contributed by atoms with van der Waals surface area (Å²) in [5.41, 5.74) is 3.86. The van der Waals surface area contributed by atoms with E-state index in [9.17, 15) is 13.2 Å². The fourth-order valence-electron chi connectivity index (χ4n) is 2.88.